The topological polar surface area (TPSA) is 21.3 Å². The van der Waals surface area contributed by atoms with Crippen molar-refractivity contribution >= 4 is 11.6 Å². The van der Waals surface area contributed by atoms with Crippen LogP contribution in [-0.4, -0.2) is 20.2 Å². The molecule has 18 heavy (non-hydrogen) atoms. The van der Waals surface area contributed by atoms with Crippen molar-refractivity contribution in [2.45, 2.75) is 38.1 Å². The third-order valence-electron chi connectivity index (χ3n) is 3.96. The van der Waals surface area contributed by atoms with E-state index in [1.54, 1.807) is 7.11 Å². The molecule has 100 valence electrons. The Kier molecular flexibility index (Phi) is 4.90. The lowest BCUT2D eigenvalue weighted by atomic mass is 9.80. The van der Waals surface area contributed by atoms with Crippen LogP contribution in [0.1, 0.15) is 31.2 Å². The summed E-state index contributed by atoms with van der Waals surface area (Å²) in [7, 11) is 3.76. The van der Waals surface area contributed by atoms with Crippen LogP contribution in [0.25, 0.3) is 0 Å². The normalized spacial score (nSPS) is 17.3. The molecule has 0 radical (unpaired) electrons. The quantitative estimate of drug-likeness (QED) is 0.849. The van der Waals surface area contributed by atoms with Gasteiger partial charge in [0, 0.05) is 11.1 Å². The predicted molar refractivity (Wildman–Crippen MR) is 76.5 cm³/mol. The number of halogens is 1. The van der Waals surface area contributed by atoms with Gasteiger partial charge >= 0.3 is 0 Å². The van der Waals surface area contributed by atoms with Crippen molar-refractivity contribution in [1.82, 2.24) is 5.32 Å². The minimum absolute atomic E-state index is 0.516. The zero-order valence-electron chi connectivity index (χ0n) is 11.2. The molecule has 0 bridgehead atoms. The van der Waals surface area contributed by atoms with Crippen LogP contribution < -0.4 is 10.1 Å². The first-order valence-corrected chi connectivity index (χ1v) is 7.10. The molecule has 1 N–H and O–H groups in total. The minimum Gasteiger partial charge on any atom is -0.496 e. The van der Waals surface area contributed by atoms with E-state index < -0.39 is 0 Å². The SMILES string of the molecule is CNC(Cc1cc(Cl)ccc1OC)CC1CCC1. The van der Waals surface area contributed by atoms with E-state index in [4.69, 9.17) is 16.3 Å². The van der Waals surface area contributed by atoms with Crippen molar-refractivity contribution in [3.05, 3.63) is 28.8 Å². The third kappa shape index (κ3) is 3.39. The summed E-state index contributed by atoms with van der Waals surface area (Å²) in [6.07, 6.45) is 6.43. The predicted octanol–water partition coefficient (Wildman–Crippen LogP) is 3.67. The Balaban J connectivity index is 2.02. The molecule has 1 aromatic carbocycles. The first kappa shape index (κ1) is 13.7. The number of hydrogen-bond donors (Lipinski definition) is 1. The van der Waals surface area contributed by atoms with Gasteiger partial charge in [-0.25, -0.2) is 0 Å². The molecular formula is C15H22ClNO. The fourth-order valence-electron chi connectivity index (χ4n) is 2.61. The maximum atomic E-state index is 6.07. The summed E-state index contributed by atoms with van der Waals surface area (Å²) in [5.41, 5.74) is 1.20. The molecule has 1 aliphatic carbocycles. The monoisotopic (exact) mass is 267 g/mol. The smallest absolute Gasteiger partial charge is 0.122 e. The van der Waals surface area contributed by atoms with E-state index in [0.717, 1.165) is 23.1 Å². The summed E-state index contributed by atoms with van der Waals surface area (Å²) in [5, 5.41) is 4.20. The molecule has 2 nitrogen and oxygen atoms in total. The summed E-state index contributed by atoms with van der Waals surface area (Å²) in [4.78, 5) is 0. The standard InChI is InChI=1S/C15H22ClNO/c1-17-14(8-11-4-3-5-11)10-12-9-13(16)6-7-15(12)18-2/h6-7,9,11,14,17H,3-5,8,10H2,1-2H3. The number of methoxy groups -OCH3 is 1. The Morgan fingerprint density at radius 1 is 1.44 bits per heavy atom. The van der Waals surface area contributed by atoms with Gasteiger partial charge in [-0.1, -0.05) is 30.9 Å². The molecular weight excluding hydrogens is 246 g/mol. The summed E-state index contributed by atoms with van der Waals surface area (Å²) in [6, 6.07) is 6.37. The molecule has 3 heteroatoms. The summed E-state index contributed by atoms with van der Waals surface area (Å²) >= 11 is 6.07. The highest BCUT2D eigenvalue weighted by molar-refractivity contribution is 6.30. The number of rotatable bonds is 6. The fraction of sp³-hybridized carbons (Fsp3) is 0.600. The van der Waals surface area contributed by atoms with E-state index in [-0.39, 0.29) is 0 Å². The van der Waals surface area contributed by atoms with Gasteiger partial charge in [0.15, 0.2) is 0 Å². The molecule has 1 aromatic rings. The van der Waals surface area contributed by atoms with Crippen LogP contribution >= 0.6 is 11.6 Å². The maximum absolute atomic E-state index is 6.07. The Labute approximate surface area is 115 Å². The second-order valence-electron chi connectivity index (χ2n) is 5.18. The van der Waals surface area contributed by atoms with Gasteiger partial charge in [0.05, 0.1) is 7.11 Å². The van der Waals surface area contributed by atoms with Gasteiger partial charge in [-0.2, -0.15) is 0 Å². The molecule has 1 aliphatic rings. The first-order valence-electron chi connectivity index (χ1n) is 6.72. The van der Waals surface area contributed by atoms with Crippen LogP contribution in [0.2, 0.25) is 5.02 Å². The molecule has 1 atom stereocenters. The van der Waals surface area contributed by atoms with Crippen LogP contribution in [0.5, 0.6) is 5.75 Å². The minimum atomic E-state index is 0.516. The van der Waals surface area contributed by atoms with Gasteiger partial charge in [0.25, 0.3) is 0 Å². The average molecular weight is 268 g/mol. The van der Waals surface area contributed by atoms with E-state index in [0.29, 0.717) is 6.04 Å². The molecule has 2 rings (SSSR count). The van der Waals surface area contributed by atoms with Crippen molar-refractivity contribution < 1.29 is 4.74 Å². The highest BCUT2D eigenvalue weighted by Gasteiger charge is 2.22. The molecule has 0 amide bonds. The fourth-order valence-corrected chi connectivity index (χ4v) is 2.80. The largest absolute Gasteiger partial charge is 0.496 e. The van der Waals surface area contributed by atoms with Crippen LogP contribution in [0.4, 0.5) is 0 Å². The maximum Gasteiger partial charge on any atom is 0.122 e. The molecule has 0 aromatic heterocycles. The highest BCUT2D eigenvalue weighted by atomic mass is 35.5. The van der Waals surface area contributed by atoms with Gasteiger partial charge in [-0.05, 0) is 49.6 Å². The van der Waals surface area contributed by atoms with Crippen molar-refractivity contribution in [2.24, 2.45) is 5.92 Å². The van der Waals surface area contributed by atoms with Crippen molar-refractivity contribution in [1.29, 1.82) is 0 Å². The first-order chi connectivity index (χ1) is 8.72. The van der Waals surface area contributed by atoms with E-state index in [1.807, 2.05) is 25.2 Å². The van der Waals surface area contributed by atoms with E-state index >= 15 is 0 Å². The van der Waals surface area contributed by atoms with Crippen molar-refractivity contribution in [2.75, 3.05) is 14.2 Å². The molecule has 0 aliphatic heterocycles. The van der Waals surface area contributed by atoms with Crippen molar-refractivity contribution in [3.63, 3.8) is 0 Å². The number of likely N-dealkylation sites (N-methyl/N-ethyl adjacent to an activating group) is 1. The summed E-state index contributed by atoms with van der Waals surface area (Å²) < 4.78 is 5.40. The summed E-state index contributed by atoms with van der Waals surface area (Å²) in [5.74, 6) is 1.85. The Morgan fingerprint density at radius 2 is 2.22 bits per heavy atom. The van der Waals surface area contributed by atoms with E-state index in [9.17, 15) is 0 Å². The number of hydrogen-bond acceptors (Lipinski definition) is 2. The lowest BCUT2D eigenvalue weighted by Crippen LogP contribution is -2.32. The van der Waals surface area contributed by atoms with Gasteiger partial charge in [-0.3, -0.25) is 0 Å². The third-order valence-corrected chi connectivity index (χ3v) is 4.19. The molecule has 0 spiro atoms. The molecule has 1 saturated carbocycles. The second kappa shape index (κ2) is 6.44. The number of nitrogens with one attached hydrogen (secondary N) is 1. The van der Waals surface area contributed by atoms with Crippen LogP contribution in [0.3, 0.4) is 0 Å². The lowest BCUT2D eigenvalue weighted by Gasteiger charge is -2.29. The van der Waals surface area contributed by atoms with Crippen molar-refractivity contribution in [3.8, 4) is 5.75 Å². The number of benzene rings is 1. The average Bonchev–Trinajstić information content (AvgIpc) is 2.32. The van der Waals surface area contributed by atoms with E-state index in [2.05, 4.69) is 5.32 Å². The van der Waals surface area contributed by atoms with E-state index in [1.165, 1.54) is 31.2 Å². The van der Waals surface area contributed by atoms with Crippen LogP contribution in [-0.2, 0) is 6.42 Å². The zero-order chi connectivity index (χ0) is 13.0. The van der Waals surface area contributed by atoms with Gasteiger partial charge < -0.3 is 10.1 Å². The van der Waals surface area contributed by atoms with Crippen LogP contribution in [0.15, 0.2) is 18.2 Å². The Morgan fingerprint density at radius 3 is 2.78 bits per heavy atom. The lowest BCUT2D eigenvalue weighted by molar-refractivity contribution is 0.263. The highest BCUT2D eigenvalue weighted by Crippen LogP contribution is 2.32. The Bertz CT molecular complexity index is 390. The molecule has 0 heterocycles. The van der Waals surface area contributed by atoms with Crippen LogP contribution in [0, 0.1) is 5.92 Å². The molecule has 0 saturated heterocycles. The number of ether oxygens (including phenoxy) is 1. The summed E-state index contributed by atoms with van der Waals surface area (Å²) in [6.45, 7) is 0. The van der Waals surface area contributed by atoms with Gasteiger partial charge in [0.1, 0.15) is 5.75 Å². The van der Waals surface area contributed by atoms with Gasteiger partial charge in [0.2, 0.25) is 0 Å². The Hall–Kier alpha value is -0.730. The van der Waals surface area contributed by atoms with Gasteiger partial charge in [-0.15, -0.1) is 0 Å². The zero-order valence-corrected chi connectivity index (χ0v) is 12.0. The second-order valence-corrected chi connectivity index (χ2v) is 5.61. The molecule has 1 fully saturated rings. The molecule has 1 unspecified atom stereocenters.